The van der Waals surface area contributed by atoms with Gasteiger partial charge in [0, 0.05) is 24.0 Å². The number of amides is 4. The van der Waals surface area contributed by atoms with Crippen molar-refractivity contribution in [2.24, 2.45) is 0 Å². The van der Waals surface area contributed by atoms with E-state index < -0.39 is 23.7 Å². The minimum Gasteiger partial charge on any atom is -0.480 e. The number of carboxylic acid groups (broad SMARTS) is 1. The summed E-state index contributed by atoms with van der Waals surface area (Å²) in [6.07, 6.45) is 3.83. The fourth-order valence-electron chi connectivity index (χ4n) is 3.77. The van der Waals surface area contributed by atoms with Gasteiger partial charge in [-0.2, -0.15) is 11.8 Å². The highest BCUT2D eigenvalue weighted by atomic mass is 32.2. The van der Waals surface area contributed by atoms with Crippen molar-refractivity contribution in [3.8, 4) is 0 Å². The van der Waals surface area contributed by atoms with Gasteiger partial charge in [0.05, 0.1) is 12.1 Å². The lowest BCUT2D eigenvalue weighted by molar-refractivity contribution is -0.139. The van der Waals surface area contributed by atoms with E-state index >= 15 is 0 Å². The molecule has 2 saturated heterocycles. The molecule has 0 aromatic heterocycles. The van der Waals surface area contributed by atoms with Crippen LogP contribution in [0.3, 0.4) is 0 Å². The maximum Gasteiger partial charge on any atom is 0.408 e. The minimum atomic E-state index is -1.11. The summed E-state index contributed by atoms with van der Waals surface area (Å²) in [6.45, 7) is 5.60. The zero-order chi connectivity index (χ0) is 23.7. The molecule has 2 aliphatic rings. The van der Waals surface area contributed by atoms with Crippen LogP contribution in [0.4, 0.5) is 9.59 Å². The summed E-state index contributed by atoms with van der Waals surface area (Å²) < 4.78 is 5.09. The van der Waals surface area contributed by atoms with Gasteiger partial charge in [0.15, 0.2) is 0 Å². The molecule has 2 aliphatic heterocycles. The first-order valence-electron chi connectivity index (χ1n) is 11.2. The molecule has 2 rings (SSSR count). The number of unbranched alkanes of at least 4 members (excludes halogenated alkanes) is 2. The maximum absolute atomic E-state index is 12.0. The first kappa shape index (κ1) is 26.1. The third-order valence-corrected chi connectivity index (χ3v) is 6.82. The second-order valence-corrected chi connectivity index (χ2v) is 10.5. The van der Waals surface area contributed by atoms with E-state index in [0.717, 1.165) is 25.0 Å². The molecule has 0 bridgehead atoms. The fourth-order valence-corrected chi connectivity index (χ4v) is 5.31. The Balaban J connectivity index is 1.51. The quantitative estimate of drug-likeness (QED) is 0.216. The molecule has 0 aromatic rings. The monoisotopic (exact) mass is 472 g/mol. The number of fused-ring (bicyclic) bond motifs is 1. The fraction of sp³-hybridized carbons (Fsp3) is 0.810. The van der Waals surface area contributed by atoms with Crippen molar-refractivity contribution in [1.29, 1.82) is 0 Å². The Morgan fingerprint density at radius 1 is 1.19 bits per heavy atom. The summed E-state index contributed by atoms with van der Waals surface area (Å²) in [5.74, 6) is -0.191. The van der Waals surface area contributed by atoms with Gasteiger partial charge in [0.25, 0.3) is 0 Å². The van der Waals surface area contributed by atoms with E-state index in [1.54, 1.807) is 20.8 Å². The Morgan fingerprint density at radius 2 is 1.94 bits per heavy atom. The number of ether oxygens (including phenoxy) is 1. The SMILES string of the molecule is CC(C)(C)OC(=O)NC(CCCCNC(=O)CCCCC1SC[C@@H]2NC(=O)N[C@H]12)C(=O)O. The lowest BCUT2D eigenvalue weighted by Crippen LogP contribution is -2.43. The third-order valence-electron chi connectivity index (χ3n) is 5.31. The predicted octanol–water partition coefficient (Wildman–Crippen LogP) is 1.98. The predicted molar refractivity (Wildman–Crippen MR) is 122 cm³/mol. The van der Waals surface area contributed by atoms with Crippen molar-refractivity contribution in [2.75, 3.05) is 12.3 Å². The number of urea groups is 1. The Morgan fingerprint density at radius 3 is 2.62 bits per heavy atom. The Hall–Kier alpha value is -2.17. The number of alkyl carbamates (subject to hydrolysis) is 1. The van der Waals surface area contributed by atoms with Crippen molar-refractivity contribution < 1.29 is 29.0 Å². The van der Waals surface area contributed by atoms with Crippen LogP contribution in [0.25, 0.3) is 0 Å². The van der Waals surface area contributed by atoms with E-state index in [9.17, 15) is 24.3 Å². The Bertz CT molecular complexity index is 684. The number of rotatable bonds is 12. The highest BCUT2D eigenvalue weighted by Crippen LogP contribution is 2.33. The van der Waals surface area contributed by atoms with Gasteiger partial charge in [0.1, 0.15) is 11.6 Å². The Labute approximate surface area is 193 Å². The van der Waals surface area contributed by atoms with Gasteiger partial charge in [-0.1, -0.05) is 6.42 Å². The summed E-state index contributed by atoms with van der Waals surface area (Å²) in [4.78, 5) is 46.5. The van der Waals surface area contributed by atoms with Gasteiger partial charge in [-0.3, -0.25) is 4.79 Å². The van der Waals surface area contributed by atoms with Gasteiger partial charge in [-0.05, 0) is 52.9 Å². The van der Waals surface area contributed by atoms with Crippen LogP contribution in [0.5, 0.6) is 0 Å². The van der Waals surface area contributed by atoms with Crippen LogP contribution in [0.15, 0.2) is 0 Å². The van der Waals surface area contributed by atoms with Crippen molar-refractivity contribution in [1.82, 2.24) is 21.3 Å². The molecule has 0 aromatic carbocycles. The normalized spacial score (nSPS) is 23.0. The average Bonchev–Trinajstić information content (AvgIpc) is 3.21. The first-order valence-corrected chi connectivity index (χ1v) is 12.3. The minimum absolute atomic E-state index is 0.0144. The van der Waals surface area contributed by atoms with Gasteiger partial charge in [0.2, 0.25) is 5.91 Å². The van der Waals surface area contributed by atoms with Crippen molar-refractivity contribution in [2.45, 2.75) is 94.7 Å². The smallest absolute Gasteiger partial charge is 0.408 e. The molecule has 10 nitrogen and oxygen atoms in total. The molecule has 0 radical (unpaired) electrons. The molecule has 2 fully saturated rings. The number of thioether (sulfide) groups is 1. The summed E-state index contributed by atoms with van der Waals surface area (Å²) in [5.41, 5.74) is -0.695. The van der Waals surface area contributed by atoms with Crippen LogP contribution in [0, 0.1) is 0 Å². The van der Waals surface area contributed by atoms with Crippen molar-refractivity contribution in [3.63, 3.8) is 0 Å². The number of carbonyl (C=O) groups is 4. The van der Waals surface area contributed by atoms with Crippen LogP contribution in [0.2, 0.25) is 0 Å². The van der Waals surface area contributed by atoms with Crippen molar-refractivity contribution >= 4 is 35.8 Å². The van der Waals surface area contributed by atoms with E-state index in [1.807, 2.05) is 11.8 Å². The molecule has 2 heterocycles. The van der Waals surface area contributed by atoms with Gasteiger partial charge in [-0.25, -0.2) is 14.4 Å². The topological polar surface area (TPSA) is 146 Å². The standard InChI is InChI=1S/C21H36N4O6S/c1-21(2,3)31-20(30)24-13(18(27)28)8-6-7-11-22-16(26)10-5-4-9-15-17-14(12-32-15)23-19(29)25-17/h13-15,17H,4-12H2,1-3H3,(H,22,26)(H,24,30)(H,27,28)(H2,23,25,29)/t13?,14-,15?,17-/m0/s1. The molecule has 4 amide bonds. The van der Waals surface area contributed by atoms with Crippen LogP contribution in [-0.2, 0) is 14.3 Å². The summed E-state index contributed by atoms with van der Waals surface area (Å²) >= 11 is 1.87. The molecular weight excluding hydrogens is 436 g/mol. The molecule has 11 heteroatoms. The zero-order valence-electron chi connectivity index (χ0n) is 19.1. The highest BCUT2D eigenvalue weighted by molar-refractivity contribution is 8.00. The van der Waals surface area contributed by atoms with Gasteiger partial charge < -0.3 is 31.1 Å². The second kappa shape index (κ2) is 12.2. The van der Waals surface area contributed by atoms with Crippen LogP contribution < -0.4 is 21.3 Å². The molecule has 5 N–H and O–H groups in total. The maximum atomic E-state index is 12.0. The number of carboxylic acids is 1. The Kier molecular flexibility index (Phi) is 9.92. The van der Waals surface area contributed by atoms with Gasteiger partial charge in [-0.15, -0.1) is 0 Å². The van der Waals surface area contributed by atoms with Crippen LogP contribution >= 0.6 is 11.8 Å². The largest absolute Gasteiger partial charge is 0.480 e. The average molecular weight is 473 g/mol. The number of carbonyl (C=O) groups excluding carboxylic acids is 3. The first-order chi connectivity index (χ1) is 15.0. The molecule has 182 valence electrons. The highest BCUT2D eigenvalue weighted by Gasteiger charge is 2.42. The molecule has 32 heavy (non-hydrogen) atoms. The third kappa shape index (κ3) is 9.13. The van der Waals surface area contributed by atoms with Crippen LogP contribution in [0.1, 0.15) is 65.7 Å². The zero-order valence-corrected chi connectivity index (χ0v) is 19.9. The molecular formula is C21H36N4O6S. The summed E-state index contributed by atoms with van der Waals surface area (Å²) in [5, 5.41) is 20.8. The van der Waals surface area contributed by atoms with Gasteiger partial charge >= 0.3 is 18.1 Å². The number of nitrogens with one attached hydrogen (secondary N) is 4. The molecule has 0 saturated carbocycles. The summed E-state index contributed by atoms with van der Waals surface area (Å²) in [6, 6.07) is -0.685. The van der Waals surface area contributed by atoms with Crippen molar-refractivity contribution in [3.05, 3.63) is 0 Å². The van der Waals surface area contributed by atoms with E-state index in [1.165, 1.54) is 0 Å². The second-order valence-electron chi connectivity index (χ2n) is 9.25. The van der Waals surface area contributed by atoms with E-state index in [0.29, 0.717) is 31.1 Å². The summed E-state index contributed by atoms with van der Waals surface area (Å²) in [7, 11) is 0. The van der Waals surface area contributed by atoms with E-state index in [2.05, 4.69) is 21.3 Å². The molecule has 0 aliphatic carbocycles. The van der Waals surface area contributed by atoms with E-state index in [4.69, 9.17) is 4.74 Å². The number of hydrogen-bond acceptors (Lipinski definition) is 6. The molecule has 4 atom stereocenters. The molecule has 2 unspecified atom stereocenters. The lowest BCUT2D eigenvalue weighted by Gasteiger charge is -2.22. The number of hydrogen-bond donors (Lipinski definition) is 5. The van der Waals surface area contributed by atoms with E-state index in [-0.39, 0.29) is 30.4 Å². The molecule has 0 spiro atoms. The van der Waals surface area contributed by atoms with Crippen LogP contribution in [-0.4, -0.2) is 70.4 Å². The lowest BCUT2D eigenvalue weighted by atomic mass is 10.0. The number of aliphatic carboxylic acids is 1.